The number of hydrogen-bond acceptors (Lipinski definition) is 8. The molecule has 0 aliphatic rings. The summed E-state index contributed by atoms with van der Waals surface area (Å²) in [6.45, 7) is 2.30. The minimum Gasteiger partial charge on any atom is -0.428 e. The molecule has 0 spiro atoms. The molecule has 0 atom stereocenters. The van der Waals surface area contributed by atoms with Crippen molar-refractivity contribution in [3.63, 3.8) is 0 Å². The molecule has 1 heterocycles. The van der Waals surface area contributed by atoms with Crippen molar-refractivity contribution in [2.75, 3.05) is 30.9 Å². The molecule has 0 aliphatic carbocycles. The molecule has 0 radical (unpaired) electrons. The number of anilines is 1. The summed E-state index contributed by atoms with van der Waals surface area (Å²) in [6.07, 6.45) is 0.755. The van der Waals surface area contributed by atoms with Crippen LogP contribution in [0.25, 0.3) is 0 Å². The lowest BCUT2D eigenvalue weighted by Gasteiger charge is -2.21. The van der Waals surface area contributed by atoms with E-state index in [2.05, 4.69) is 11.1 Å². The van der Waals surface area contributed by atoms with Gasteiger partial charge in [-0.1, -0.05) is 29.8 Å². The van der Waals surface area contributed by atoms with Gasteiger partial charge in [0.05, 0.1) is 17.4 Å². The number of carbonyl (C=O) groups is 1. The number of amides is 1. The first kappa shape index (κ1) is 28.1. The van der Waals surface area contributed by atoms with Gasteiger partial charge in [-0.3, -0.25) is 4.79 Å². The first-order valence-corrected chi connectivity index (χ1v) is 13.3. The predicted octanol–water partition coefficient (Wildman–Crippen LogP) is 3.99. The second-order valence-corrected chi connectivity index (χ2v) is 10.5. The van der Waals surface area contributed by atoms with Crippen molar-refractivity contribution >= 4 is 33.5 Å². The van der Waals surface area contributed by atoms with Gasteiger partial charge >= 0.3 is 0 Å². The molecule has 3 aromatic rings. The standard InChI is InChI=1S/C25H26ClFN4O5S/c1-17-23(24(32)30-37(33,34)13-3-12-35-2)29-25(36-17)31(16-20-8-9-21(27)14-22(20)26)11-10-18-4-6-19(15-28)7-5-18/h4-9,14H,3,10-13,16H2,1-2H3,(H,30,32). The van der Waals surface area contributed by atoms with Gasteiger partial charge in [-0.2, -0.15) is 10.2 Å². The van der Waals surface area contributed by atoms with Gasteiger partial charge < -0.3 is 14.1 Å². The van der Waals surface area contributed by atoms with Gasteiger partial charge in [0.1, 0.15) is 11.6 Å². The van der Waals surface area contributed by atoms with Gasteiger partial charge in [-0.25, -0.2) is 17.5 Å². The number of aromatic nitrogens is 1. The highest BCUT2D eigenvalue weighted by Gasteiger charge is 2.25. The maximum absolute atomic E-state index is 13.6. The number of carbonyl (C=O) groups excluding carboxylic acids is 1. The molecule has 1 aromatic heterocycles. The largest absolute Gasteiger partial charge is 0.428 e. The van der Waals surface area contributed by atoms with Crippen molar-refractivity contribution in [2.24, 2.45) is 0 Å². The quantitative estimate of drug-likeness (QED) is 0.337. The third kappa shape index (κ3) is 8.01. The molecule has 0 saturated carbocycles. The van der Waals surface area contributed by atoms with Crippen molar-refractivity contribution in [1.29, 1.82) is 5.26 Å². The average molecular weight is 549 g/mol. The summed E-state index contributed by atoms with van der Waals surface area (Å²) in [7, 11) is -2.43. The van der Waals surface area contributed by atoms with E-state index in [1.807, 2.05) is 16.9 Å². The molecule has 196 valence electrons. The van der Waals surface area contributed by atoms with Crippen molar-refractivity contribution in [3.05, 3.63) is 81.4 Å². The molecule has 12 heteroatoms. The Bertz CT molecular complexity index is 1390. The van der Waals surface area contributed by atoms with Crippen LogP contribution in [0.1, 0.15) is 39.4 Å². The number of nitrogens with one attached hydrogen (secondary N) is 1. The fourth-order valence-electron chi connectivity index (χ4n) is 3.47. The zero-order valence-corrected chi connectivity index (χ0v) is 21.9. The number of benzene rings is 2. The third-order valence-electron chi connectivity index (χ3n) is 5.41. The van der Waals surface area contributed by atoms with E-state index in [4.69, 9.17) is 26.0 Å². The second-order valence-electron chi connectivity index (χ2n) is 8.21. The van der Waals surface area contributed by atoms with Gasteiger partial charge in [0.2, 0.25) is 10.0 Å². The van der Waals surface area contributed by atoms with Crippen molar-refractivity contribution in [2.45, 2.75) is 26.3 Å². The molecule has 1 N–H and O–H groups in total. The Morgan fingerprint density at radius 1 is 1.27 bits per heavy atom. The normalized spacial score (nSPS) is 11.2. The van der Waals surface area contributed by atoms with Crippen LogP contribution in [-0.4, -0.2) is 45.3 Å². The van der Waals surface area contributed by atoms with Crippen LogP contribution in [-0.2, 0) is 27.7 Å². The number of ether oxygens (including phenoxy) is 1. The molecule has 0 fully saturated rings. The van der Waals surface area contributed by atoms with Gasteiger partial charge in [-0.05, 0) is 55.2 Å². The molecule has 0 bridgehead atoms. The van der Waals surface area contributed by atoms with Crippen LogP contribution in [0.2, 0.25) is 5.02 Å². The number of sulfonamides is 1. The maximum atomic E-state index is 13.6. The number of oxazole rings is 1. The van der Waals surface area contributed by atoms with Crippen LogP contribution in [0, 0.1) is 24.1 Å². The number of rotatable bonds is 12. The Kier molecular flexibility index (Phi) is 9.63. The fourth-order valence-corrected chi connectivity index (χ4v) is 4.68. The first-order valence-electron chi connectivity index (χ1n) is 11.3. The SMILES string of the molecule is COCCCS(=O)(=O)NC(=O)c1nc(N(CCc2ccc(C#N)cc2)Cc2ccc(F)cc2Cl)oc1C. The number of halogens is 2. The fraction of sp³-hybridized carbons (Fsp3) is 0.320. The summed E-state index contributed by atoms with van der Waals surface area (Å²) in [5.74, 6) is -1.53. The van der Waals surface area contributed by atoms with E-state index < -0.39 is 21.7 Å². The molecule has 0 unspecified atom stereocenters. The zero-order valence-electron chi connectivity index (χ0n) is 20.3. The van der Waals surface area contributed by atoms with Crippen molar-refractivity contribution < 1.29 is 26.8 Å². The van der Waals surface area contributed by atoms with Gasteiger partial charge in [-0.15, -0.1) is 0 Å². The summed E-state index contributed by atoms with van der Waals surface area (Å²) in [6, 6.07) is 13.3. The van der Waals surface area contributed by atoms with Gasteiger partial charge in [0, 0.05) is 31.8 Å². The Balaban J connectivity index is 1.84. The Labute approximate surface area is 219 Å². The highest BCUT2D eigenvalue weighted by Crippen LogP contribution is 2.25. The Morgan fingerprint density at radius 3 is 2.65 bits per heavy atom. The van der Waals surface area contributed by atoms with E-state index in [-0.39, 0.29) is 47.8 Å². The monoisotopic (exact) mass is 548 g/mol. The first-order chi connectivity index (χ1) is 17.6. The minimum absolute atomic E-state index is 0.0773. The molecular weight excluding hydrogens is 523 g/mol. The lowest BCUT2D eigenvalue weighted by molar-refractivity contribution is 0.0975. The van der Waals surface area contributed by atoms with Gasteiger partial charge in [0.15, 0.2) is 5.69 Å². The highest BCUT2D eigenvalue weighted by molar-refractivity contribution is 7.90. The van der Waals surface area contributed by atoms with E-state index in [1.54, 1.807) is 23.1 Å². The maximum Gasteiger partial charge on any atom is 0.298 e. The Hall–Kier alpha value is -3.46. The smallest absolute Gasteiger partial charge is 0.298 e. The summed E-state index contributed by atoms with van der Waals surface area (Å²) in [5, 5.41) is 9.22. The van der Waals surface area contributed by atoms with E-state index in [1.165, 1.54) is 26.2 Å². The summed E-state index contributed by atoms with van der Waals surface area (Å²) >= 11 is 6.24. The lowest BCUT2D eigenvalue weighted by Crippen LogP contribution is -2.33. The van der Waals surface area contributed by atoms with Crippen LogP contribution in [0.15, 0.2) is 46.9 Å². The predicted molar refractivity (Wildman–Crippen MR) is 136 cm³/mol. The van der Waals surface area contributed by atoms with E-state index in [0.717, 1.165) is 5.56 Å². The molecule has 2 aromatic carbocycles. The number of aryl methyl sites for hydroxylation is 1. The van der Waals surface area contributed by atoms with Crippen LogP contribution in [0.4, 0.5) is 10.4 Å². The minimum atomic E-state index is -3.89. The van der Waals surface area contributed by atoms with E-state index in [0.29, 0.717) is 24.1 Å². The van der Waals surface area contributed by atoms with Gasteiger partial charge in [0.25, 0.3) is 11.9 Å². The number of nitrogens with zero attached hydrogens (tertiary/aromatic N) is 3. The number of hydrogen-bond donors (Lipinski definition) is 1. The topological polar surface area (TPSA) is 126 Å². The number of methoxy groups -OCH3 is 1. The van der Waals surface area contributed by atoms with Crippen LogP contribution < -0.4 is 9.62 Å². The average Bonchev–Trinajstić information content (AvgIpc) is 3.24. The Morgan fingerprint density at radius 2 is 2.00 bits per heavy atom. The van der Waals surface area contributed by atoms with E-state index >= 15 is 0 Å². The molecule has 1 amide bonds. The number of nitriles is 1. The highest BCUT2D eigenvalue weighted by atomic mass is 35.5. The molecule has 3 rings (SSSR count). The zero-order chi connectivity index (χ0) is 27.0. The van der Waals surface area contributed by atoms with Crippen molar-refractivity contribution in [1.82, 2.24) is 9.71 Å². The second kappa shape index (κ2) is 12.7. The van der Waals surface area contributed by atoms with Crippen molar-refractivity contribution in [3.8, 4) is 6.07 Å². The molecule has 0 aliphatic heterocycles. The lowest BCUT2D eigenvalue weighted by atomic mass is 10.1. The summed E-state index contributed by atoms with van der Waals surface area (Å²) in [5.41, 5.74) is 1.91. The molecule has 37 heavy (non-hydrogen) atoms. The molecular formula is C25H26ClFN4O5S. The van der Waals surface area contributed by atoms with E-state index in [9.17, 15) is 17.6 Å². The molecule has 0 saturated heterocycles. The molecule has 9 nitrogen and oxygen atoms in total. The van der Waals surface area contributed by atoms with Crippen LogP contribution >= 0.6 is 11.6 Å². The van der Waals surface area contributed by atoms with Crippen LogP contribution in [0.3, 0.4) is 0 Å². The summed E-state index contributed by atoms with van der Waals surface area (Å²) in [4.78, 5) is 18.7. The summed E-state index contributed by atoms with van der Waals surface area (Å²) < 4.78 is 50.6. The third-order valence-corrected chi connectivity index (χ3v) is 7.08. The van der Waals surface area contributed by atoms with Crippen LogP contribution in [0.5, 0.6) is 0 Å².